The minimum atomic E-state index is -4.34. The lowest BCUT2D eigenvalue weighted by atomic mass is 9.96. The third-order valence-electron chi connectivity index (χ3n) is 5.36. The van der Waals surface area contributed by atoms with Crippen molar-refractivity contribution in [1.29, 1.82) is 0 Å². The molecule has 152 valence electrons. The van der Waals surface area contributed by atoms with E-state index in [4.69, 9.17) is 4.42 Å². The van der Waals surface area contributed by atoms with Crippen molar-refractivity contribution in [3.05, 3.63) is 83.1 Å². The number of halogens is 3. The van der Waals surface area contributed by atoms with E-state index in [1.54, 1.807) is 10.9 Å². The van der Waals surface area contributed by atoms with Gasteiger partial charge < -0.3 is 9.73 Å². The Morgan fingerprint density at radius 2 is 1.90 bits per heavy atom. The van der Waals surface area contributed by atoms with Crippen LogP contribution in [0.3, 0.4) is 0 Å². The number of benzene rings is 1. The van der Waals surface area contributed by atoms with Gasteiger partial charge in [-0.1, -0.05) is 12.2 Å². The van der Waals surface area contributed by atoms with Crippen LogP contribution in [0.2, 0.25) is 0 Å². The highest BCUT2D eigenvalue weighted by molar-refractivity contribution is 5.42. The first kappa shape index (κ1) is 19.5. The minimum absolute atomic E-state index is 0.215. The van der Waals surface area contributed by atoms with E-state index in [2.05, 4.69) is 22.6 Å². The number of nitrogens with zero attached hydrogens (tertiary/aromatic N) is 2. The van der Waals surface area contributed by atoms with Gasteiger partial charge in [0.2, 0.25) is 0 Å². The number of aromatic nitrogens is 2. The number of furan rings is 1. The van der Waals surface area contributed by atoms with Gasteiger partial charge in [-0.25, -0.2) is 4.68 Å². The molecular formula is C22H22F3N3O. The lowest BCUT2D eigenvalue weighted by Gasteiger charge is -2.14. The van der Waals surface area contributed by atoms with Crippen LogP contribution in [-0.4, -0.2) is 15.8 Å². The zero-order chi connectivity index (χ0) is 20.6. The molecule has 1 aromatic carbocycles. The Labute approximate surface area is 167 Å². The predicted molar refractivity (Wildman–Crippen MR) is 104 cm³/mol. The summed E-state index contributed by atoms with van der Waals surface area (Å²) in [6.45, 7) is 4.57. The molecule has 1 aliphatic rings. The number of rotatable bonds is 5. The van der Waals surface area contributed by atoms with E-state index < -0.39 is 11.7 Å². The van der Waals surface area contributed by atoms with E-state index in [0.29, 0.717) is 12.2 Å². The fourth-order valence-electron chi connectivity index (χ4n) is 3.94. The summed E-state index contributed by atoms with van der Waals surface area (Å²) < 4.78 is 45.5. The number of hydrogen-bond donors (Lipinski definition) is 1. The molecule has 0 bridgehead atoms. The van der Waals surface area contributed by atoms with Crippen LogP contribution < -0.4 is 5.32 Å². The molecule has 4 nitrogen and oxygen atoms in total. The molecule has 1 aliphatic carbocycles. The van der Waals surface area contributed by atoms with Crippen molar-refractivity contribution in [2.45, 2.75) is 44.9 Å². The quantitative estimate of drug-likeness (QED) is 0.590. The van der Waals surface area contributed by atoms with Crippen molar-refractivity contribution in [1.82, 2.24) is 15.1 Å². The molecule has 7 heteroatoms. The summed E-state index contributed by atoms with van der Waals surface area (Å²) in [5, 5.41) is 8.06. The Morgan fingerprint density at radius 3 is 2.55 bits per heavy atom. The second-order valence-corrected chi connectivity index (χ2v) is 7.33. The van der Waals surface area contributed by atoms with Gasteiger partial charge in [0.15, 0.2) is 0 Å². The largest absolute Gasteiger partial charge is 0.468 e. The fourth-order valence-corrected chi connectivity index (χ4v) is 3.94. The third kappa shape index (κ3) is 4.00. The van der Waals surface area contributed by atoms with E-state index in [1.165, 1.54) is 12.1 Å². The third-order valence-corrected chi connectivity index (χ3v) is 5.36. The zero-order valence-corrected chi connectivity index (χ0v) is 16.2. The molecule has 3 aromatic rings. The van der Waals surface area contributed by atoms with Crippen molar-refractivity contribution in [2.24, 2.45) is 0 Å². The maximum atomic E-state index is 12.8. The highest BCUT2D eigenvalue weighted by Gasteiger charge is 2.30. The molecule has 0 fully saturated rings. The van der Waals surface area contributed by atoms with E-state index in [-0.39, 0.29) is 12.0 Å². The Morgan fingerprint density at radius 1 is 1.14 bits per heavy atom. The lowest BCUT2D eigenvalue weighted by molar-refractivity contribution is -0.137. The van der Waals surface area contributed by atoms with E-state index in [9.17, 15) is 13.2 Å². The molecule has 4 rings (SSSR count). The van der Waals surface area contributed by atoms with Gasteiger partial charge in [0, 0.05) is 23.2 Å². The number of nitrogens with one attached hydrogen (secondary N) is 1. The number of aryl methyl sites for hydroxylation is 1. The van der Waals surface area contributed by atoms with Gasteiger partial charge in [0.05, 0.1) is 29.8 Å². The Balaban J connectivity index is 1.50. The van der Waals surface area contributed by atoms with Crippen LogP contribution in [0, 0.1) is 13.8 Å². The summed E-state index contributed by atoms with van der Waals surface area (Å²) >= 11 is 0. The van der Waals surface area contributed by atoms with Gasteiger partial charge in [0.1, 0.15) is 5.76 Å². The molecule has 0 spiro atoms. The van der Waals surface area contributed by atoms with Gasteiger partial charge in [-0.2, -0.15) is 18.3 Å². The predicted octanol–water partition coefficient (Wildman–Crippen LogP) is 5.30. The summed E-state index contributed by atoms with van der Waals surface area (Å²) in [6.07, 6.45) is 2.55. The number of allylic oxidation sites excluding steroid dienone is 1. The van der Waals surface area contributed by atoms with Crippen molar-refractivity contribution < 1.29 is 17.6 Å². The summed E-state index contributed by atoms with van der Waals surface area (Å²) in [6, 6.07) is 9.15. The second kappa shape index (κ2) is 7.55. The first-order valence-corrected chi connectivity index (χ1v) is 9.51. The van der Waals surface area contributed by atoms with Crippen LogP contribution in [0.5, 0.6) is 0 Å². The number of hydrogen-bond acceptors (Lipinski definition) is 3. The molecule has 2 aromatic heterocycles. The van der Waals surface area contributed by atoms with Crippen LogP contribution in [0.1, 0.15) is 40.6 Å². The van der Waals surface area contributed by atoms with Crippen LogP contribution in [-0.2, 0) is 12.7 Å². The van der Waals surface area contributed by atoms with Crippen molar-refractivity contribution in [3.63, 3.8) is 0 Å². The smallest absolute Gasteiger partial charge is 0.416 e. The highest BCUT2D eigenvalue weighted by atomic mass is 19.4. The summed E-state index contributed by atoms with van der Waals surface area (Å²) in [5.74, 6) is 1.11. The molecule has 0 amide bonds. The number of alkyl halides is 3. The molecule has 1 N–H and O–H groups in total. The first-order chi connectivity index (χ1) is 13.8. The van der Waals surface area contributed by atoms with Crippen molar-refractivity contribution in [3.8, 4) is 5.69 Å². The maximum Gasteiger partial charge on any atom is 0.416 e. The Kier molecular flexibility index (Phi) is 5.08. The SMILES string of the molecule is Cc1nn(-c2ccc(C(F)(F)F)cc2)c(C)c1[C@@H]1C=C[C@@H](NCc2ccco2)C1. The molecule has 0 saturated carbocycles. The van der Waals surface area contributed by atoms with Gasteiger partial charge in [-0.05, 0) is 56.7 Å². The standard InChI is InChI=1S/C22H22F3N3O/c1-14-21(16-5-8-18(12-16)26-13-20-4-3-11-29-20)15(2)28(27-14)19-9-6-17(7-10-19)22(23,24)25/h3-11,16,18,26H,12-13H2,1-2H3/t16-,18-/m1/s1. The summed E-state index contributed by atoms with van der Waals surface area (Å²) in [5.41, 5.74) is 2.93. The van der Waals surface area contributed by atoms with E-state index >= 15 is 0 Å². The molecule has 2 heterocycles. The van der Waals surface area contributed by atoms with E-state index in [1.807, 2.05) is 26.0 Å². The normalized spacial score (nSPS) is 19.2. The first-order valence-electron chi connectivity index (χ1n) is 9.51. The Bertz CT molecular complexity index is 1000. The summed E-state index contributed by atoms with van der Waals surface area (Å²) in [4.78, 5) is 0. The van der Waals surface area contributed by atoms with Crippen LogP contribution in [0.15, 0.2) is 59.2 Å². The molecule has 0 aliphatic heterocycles. The van der Waals surface area contributed by atoms with Crippen LogP contribution >= 0.6 is 0 Å². The summed E-state index contributed by atoms with van der Waals surface area (Å²) in [7, 11) is 0. The van der Waals surface area contributed by atoms with Crippen LogP contribution in [0.25, 0.3) is 5.69 Å². The van der Waals surface area contributed by atoms with E-state index in [0.717, 1.165) is 41.3 Å². The van der Waals surface area contributed by atoms with Crippen LogP contribution in [0.4, 0.5) is 13.2 Å². The van der Waals surface area contributed by atoms with Crippen molar-refractivity contribution >= 4 is 0 Å². The molecule has 29 heavy (non-hydrogen) atoms. The molecular weight excluding hydrogens is 379 g/mol. The van der Waals surface area contributed by atoms with Gasteiger partial charge >= 0.3 is 6.18 Å². The lowest BCUT2D eigenvalue weighted by Crippen LogP contribution is -2.25. The van der Waals surface area contributed by atoms with Crippen molar-refractivity contribution in [2.75, 3.05) is 0 Å². The monoisotopic (exact) mass is 401 g/mol. The molecule has 2 atom stereocenters. The fraction of sp³-hybridized carbons (Fsp3) is 0.318. The average Bonchev–Trinajstić information content (AvgIpc) is 3.40. The zero-order valence-electron chi connectivity index (χ0n) is 16.2. The molecule has 0 unspecified atom stereocenters. The highest BCUT2D eigenvalue weighted by Crippen LogP contribution is 2.35. The van der Waals surface area contributed by atoms with Gasteiger partial charge in [-0.3, -0.25) is 0 Å². The minimum Gasteiger partial charge on any atom is -0.468 e. The van der Waals surface area contributed by atoms with Gasteiger partial charge in [0.25, 0.3) is 0 Å². The average molecular weight is 401 g/mol. The molecule has 0 radical (unpaired) electrons. The topological polar surface area (TPSA) is 43.0 Å². The second-order valence-electron chi connectivity index (χ2n) is 7.33. The Hall–Kier alpha value is -2.80. The maximum absolute atomic E-state index is 12.8. The molecule has 0 saturated heterocycles. The van der Waals surface area contributed by atoms with Gasteiger partial charge in [-0.15, -0.1) is 0 Å².